The molecule has 0 bridgehead atoms. The molecule has 2 aromatic heterocycles. The highest BCUT2D eigenvalue weighted by atomic mass is 79.9. The molecule has 0 aliphatic heterocycles. The molecule has 0 atom stereocenters. The van der Waals surface area contributed by atoms with Crippen molar-refractivity contribution < 1.29 is 13.2 Å². The van der Waals surface area contributed by atoms with Gasteiger partial charge in [0.2, 0.25) is 0 Å². The smallest absolute Gasteiger partial charge is 0.301 e. The topological polar surface area (TPSA) is 30.7 Å². The summed E-state index contributed by atoms with van der Waals surface area (Å²) in [6.07, 6.45) is -2.94. The van der Waals surface area contributed by atoms with Crippen molar-refractivity contribution in [1.29, 1.82) is 0 Å². The van der Waals surface area contributed by atoms with Crippen LogP contribution in [0.3, 0.4) is 0 Å². The van der Waals surface area contributed by atoms with Crippen LogP contribution in [0.25, 0.3) is 16.6 Å². The minimum absolute atomic E-state index is 0.355. The van der Waals surface area contributed by atoms with Crippen LogP contribution in [0.5, 0.6) is 0 Å². The van der Waals surface area contributed by atoms with Crippen LogP contribution < -0.4 is 0 Å². The lowest BCUT2D eigenvalue weighted by atomic mass is 10.1. The second-order valence-electron chi connectivity index (χ2n) is 4.79. The minimum atomic E-state index is -4.43. The highest BCUT2D eigenvalue weighted by Crippen LogP contribution is 2.43. The van der Waals surface area contributed by atoms with Gasteiger partial charge < -0.3 is 4.57 Å². The standard InChI is InChI=1S/C14H7Br3F3N3/c1-6-9(2-3-21-22-6)23-10-5-7(14(18,19)20)4-8(15)11(10)12(16)13(23)17/h2-5H,1H3. The number of alkyl halides is 3. The number of aryl methyl sites for hydroxylation is 1. The minimum Gasteiger partial charge on any atom is -0.301 e. The maximum absolute atomic E-state index is 13.1. The Bertz CT molecular complexity index is 919. The Morgan fingerprint density at radius 2 is 1.83 bits per heavy atom. The Labute approximate surface area is 154 Å². The summed E-state index contributed by atoms with van der Waals surface area (Å²) in [5, 5.41) is 8.39. The molecule has 0 unspecified atom stereocenters. The average molecular weight is 514 g/mol. The second-order valence-corrected chi connectivity index (χ2v) is 7.19. The van der Waals surface area contributed by atoms with Gasteiger partial charge in [0.05, 0.1) is 33.1 Å². The van der Waals surface area contributed by atoms with Crippen LogP contribution in [0, 0.1) is 6.92 Å². The van der Waals surface area contributed by atoms with Gasteiger partial charge in [-0.15, -0.1) is 0 Å². The summed E-state index contributed by atoms with van der Waals surface area (Å²) in [5.41, 5.74) is 0.928. The van der Waals surface area contributed by atoms with Crippen molar-refractivity contribution in [2.75, 3.05) is 0 Å². The summed E-state index contributed by atoms with van der Waals surface area (Å²) >= 11 is 10.1. The first-order chi connectivity index (χ1) is 10.7. The predicted molar refractivity (Wildman–Crippen MR) is 91.7 cm³/mol. The fourth-order valence-corrected chi connectivity index (χ4v) is 4.41. The zero-order valence-corrected chi connectivity index (χ0v) is 16.2. The fraction of sp³-hybridized carbons (Fsp3) is 0.143. The van der Waals surface area contributed by atoms with Crippen molar-refractivity contribution in [3.05, 3.63) is 49.2 Å². The van der Waals surface area contributed by atoms with E-state index in [0.717, 1.165) is 12.1 Å². The van der Waals surface area contributed by atoms with Gasteiger partial charge in [-0.05, 0) is 57.0 Å². The Morgan fingerprint density at radius 3 is 2.43 bits per heavy atom. The summed E-state index contributed by atoms with van der Waals surface area (Å²) in [4.78, 5) is 0. The first-order valence-electron chi connectivity index (χ1n) is 6.26. The van der Waals surface area contributed by atoms with E-state index in [1.54, 1.807) is 17.6 Å². The van der Waals surface area contributed by atoms with Crippen molar-refractivity contribution in [3.8, 4) is 5.69 Å². The van der Waals surface area contributed by atoms with Crippen LogP contribution in [-0.4, -0.2) is 14.8 Å². The Balaban J connectivity index is 2.45. The molecule has 0 spiro atoms. The van der Waals surface area contributed by atoms with Gasteiger partial charge in [-0.3, -0.25) is 0 Å². The molecule has 2 heterocycles. The van der Waals surface area contributed by atoms with Gasteiger partial charge in [0.15, 0.2) is 0 Å². The van der Waals surface area contributed by atoms with Gasteiger partial charge in [0.1, 0.15) is 4.60 Å². The molecule has 0 amide bonds. The quantitative estimate of drug-likeness (QED) is 0.397. The van der Waals surface area contributed by atoms with Crippen molar-refractivity contribution in [2.45, 2.75) is 13.1 Å². The zero-order chi connectivity index (χ0) is 16.9. The van der Waals surface area contributed by atoms with E-state index < -0.39 is 11.7 Å². The first kappa shape index (κ1) is 16.9. The van der Waals surface area contributed by atoms with Gasteiger partial charge in [-0.2, -0.15) is 23.4 Å². The van der Waals surface area contributed by atoms with E-state index in [1.807, 2.05) is 0 Å². The highest BCUT2D eigenvalue weighted by molar-refractivity contribution is 9.13. The van der Waals surface area contributed by atoms with E-state index in [9.17, 15) is 13.2 Å². The van der Waals surface area contributed by atoms with Crippen molar-refractivity contribution in [2.24, 2.45) is 0 Å². The Morgan fingerprint density at radius 1 is 1.13 bits per heavy atom. The molecule has 120 valence electrons. The molecule has 0 fully saturated rings. The van der Waals surface area contributed by atoms with Crippen LogP contribution >= 0.6 is 47.8 Å². The summed E-state index contributed by atoms with van der Waals surface area (Å²) in [6, 6.07) is 3.89. The third-order valence-corrected chi connectivity index (χ3v) is 6.03. The van der Waals surface area contributed by atoms with E-state index in [0.29, 0.717) is 35.8 Å². The SMILES string of the molecule is Cc1nnccc1-n1c(Br)c(Br)c2c(Br)cc(C(F)(F)F)cc21. The van der Waals surface area contributed by atoms with E-state index in [1.165, 1.54) is 6.20 Å². The third kappa shape index (κ3) is 2.83. The molecule has 0 radical (unpaired) electrons. The van der Waals surface area contributed by atoms with Crippen LogP contribution in [-0.2, 0) is 6.18 Å². The lowest BCUT2D eigenvalue weighted by Gasteiger charge is -2.12. The number of rotatable bonds is 1. The molecule has 1 aromatic carbocycles. The molecule has 3 nitrogen and oxygen atoms in total. The fourth-order valence-electron chi connectivity index (χ4n) is 2.32. The molecular weight excluding hydrogens is 507 g/mol. The van der Waals surface area contributed by atoms with Crippen LogP contribution in [0.1, 0.15) is 11.3 Å². The van der Waals surface area contributed by atoms with Crippen molar-refractivity contribution >= 4 is 58.7 Å². The van der Waals surface area contributed by atoms with Gasteiger partial charge in [-0.1, -0.05) is 15.9 Å². The van der Waals surface area contributed by atoms with Crippen molar-refractivity contribution in [3.63, 3.8) is 0 Å². The van der Waals surface area contributed by atoms with Gasteiger partial charge >= 0.3 is 6.18 Å². The van der Waals surface area contributed by atoms with Gasteiger partial charge in [0, 0.05) is 9.86 Å². The molecule has 0 N–H and O–H groups in total. The summed E-state index contributed by atoms with van der Waals surface area (Å²) in [6.45, 7) is 1.75. The van der Waals surface area contributed by atoms with E-state index in [2.05, 4.69) is 58.0 Å². The average Bonchev–Trinajstić information content (AvgIpc) is 2.71. The summed E-state index contributed by atoms with van der Waals surface area (Å²) < 4.78 is 42.7. The molecule has 3 rings (SSSR count). The molecule has 0 aliphatic carbocycles. The number of fused-ring (bicyclic) bond motifs is 1. The molecule has 0 saturated carbocycles. The number of hydrogen-bond acceptors (Lipinski definition) is 2. The normalized spacial score (nSPS) is 12.1. The number of halogens is 6. The van der Waals surface area contributed by atoms with E-state index in [4.69, 9.17) is 0 Å². The van der Waals surface area contributed by atoms with E-state index >= 15 is 0 Å². The van der Waals surface area contributed by atoms with Gasteiger partial charge in [0.25, 0.3) is 0 Å². The maximum Gasteiger partial charge on any atom is 0.416 e. The van der Waals surface area contributed by atoms with Crippen LogP contribution in [0.15, 0.2) is 37.9 Å². The molecule has 23 heavy (non-hydrogen) atoms. The zero-order valence-electron chi connectivity index (χ0n) is 11.4. The lowest BCUT2D eigenvalue weighted by Crippen LogP contribution is -2.06. The highest BCUT2D eigenvalue weighted by Gasteiger charge is 2.32. The van der Waals surface area contributed by atoms with Gasteiger partial charge in [-0.25, -0.2) is 0 Å². The monoisotopic (exact) mass is 511 g/mol. The summed E-state index contributed by atoms with van der Waals surface area (Å²) in [5.74, 6) is 0. The van der Waals surface area contributed by atoms with E-state index in [-0.39, 0.29) is 0 Å². The largest absolute Gasteiger partial charge is 0.416 e. The van der Waals surface area contributed by atoms with Crippen molar-refractivity contribution in [1.82, 2.24) is 14.8 Å². The molecule has 3 aromatic rings. The number of benzene rings is 1. The molecule has 9 heteroatoms. The Hall–Kier alpha value is -0.930. The predicted octanol–water partition coefficient (Wildman–Crippen LogP) is 6.04. The molecule has 0 aliphatic rings. The lowest BCUT2D eigenvalue weighted by molar-refractivity contribution is -0.137. The first-order valence-corrected chi connectivity index (χ1v) is 8.64. The number of nitrogens with zero attached hydrogens (tertiary/aromatic N) is 3. The Kier molecular flexibility index (Phi) is 4.31. The van der Waals surface area contributed by atoms with Crippen LogP contribution in [0.4, 0.5) is 13.2 Å². The third-order valence-electron chi connectivity index (χ3n) is 3.35. The summed E-state index contributed by atoms with van der Waals surface area (Å²) in [7, 11) is 0. The molecular formula is C14H7Br3F3N3. The van der Waals surface area contributed by atoms with Crippen LogP contribution in [0.2, 0.25) is 0 Å². The number of aromatic nitrogens is 3. The maximum atomic E-state index is 13.1. The second kappa shape index (κ2) is 5.86. The molecule has 0 saturated heterocycles. The number of hydrogen-bond donors (Lipinski definition) is 0.